The van der Waals surface area contributed by atoms with Gasteiger partial charge < -0.3 is 14.4 Å². The summed E-state index contributed by atoms with van der Waals surface area (Å²) in [5.41, 5.74) is 3.77. The maximum absolute atomic E-state index is 6.75. The van der Waals surface area contributed by atoms with Crippen molar-refractivity contribution in [2.45, 2.75) is 56.3 Å². The van der Waals surface area contributed by atoms with Gasteiger partial charge in [-0.1, -0.05) is 91.0 Å². The number of aromatic nitrogens is 5. The Morgan fingerprint density at radius 2 is 1.44 bits per heavy atom. The molecular weight excluding hydrogens is 596 g/mol. The third-order valence-electron chi connectivity index (χ3n) is 9.94. The molecule has 4 heterocycles. The Labute approximate surface area is 281 Å². The van der Waals surface area contributed by atoms with Gasteiger partial charge in [0, 0.05) is 31.3 Å². The molecule has 3 aromatic heterocycles. The minimum Gasteiger partial charge on any atom is -0.474 e. The Hall–Kier alpha value is -5.08. The van der Waals surface area contributed by atoms with Crippen LogP contribution < -0.4 is 9.64 Å². The molecular formula is C40H40N6O2. The zero-order valence-electron chi connectivity index (χ0n) is 27.2. The summed E-state index contributed by atoms with van der Waals surface area (Å²) in [6, 6.07) is 38.3. The number of anilines is 1. The highest BCUT2D eigenvalue weighted by molar-refractivity contribution is 5.85. The largest absolute Gasteiger partial charge is 0.474 e. The zero-order valence-corrected chi connectivity index (χ0v) is 27.2. The number of ether oxygens (including phenoxy) is 2. The SMILES string of the molecule is C[C@H]1CN(c2cc3ncccc3c(OC3CCC(c4nncn4C(c4ccccc4)(c4ccccc4)c4ccccc4)CC3)n2)CCO1. The van der Waals surface area contributed by atoms with Gasteiger partial charge in [0.1, 0.15) is 29.6 Å². The molecule has 8 heteroatoms. The van der Waals surface area contributed by atoms with Crippen LogP contribution in [-0.2, 0) is 10.3 Å². The first-order valence-corrected chi connectivity index (χ1v) is 17.1. The van der Waals surface area contributed by atoms with Crippen LogP contribution in [0.4, 0.5) is 5.82 Å². The molecule has 6 aromatic rings. The average Bonchev–Trinajstić information content (AvgIpc) is 3.64. The van der Waals surface area contributed by atoms with Crippen molar-refractivity contribution in [2.24, 2.45) is 0 Å². The lowest BCUT2D eigenvalue weighted by Gasteiger charge is -2.39. The van der Waals surface area contributed by atoms with Gasteiger partial charge in [-0.2, -0.15) is 4.98 Å². The summed E-state index contributed by atoms with van der Waals surface area (Å²) >= 11 is 0. The molecule has 1 aliphatic heterocycles. The Kier molecular flexibility index (Phi) is 8.32. The van der Waals surface area contributed by atoms with Crippen molar-refractivity contribution in [2.75, 3.05) is 24.6 Å². The van der Waals surface area contributed by atoms with E-state index in [0.29, 0.717) is 12.5 Å². The van der Waals surface area contributed by atoms with Crippen LogP contribution in [0.3, 0.4) is 0 Å². The second-order valence-electron chi connectivity index (χ2n) is 12.9. The summed E-state index contributed by atoms with van der Waals surface area (Å²) in [6.45, 7) is 4.39. The number of benzene rings is 3. The van der Waals surface area contributed by atoms with E-state index in [2.05, 4.69) is 130 Å². The monoisotopic (exact) mass is 636 g/mol. The highest BCUT2D eigenvalue weighted by atomic mass is 16.5. The predicted octanol–water partition coefficient (Wildman–Crippen LogP) is 7.39. The zero-order chi connectivity index (χ0) is 32.3. The van der Waals surface area contributed by atoms with Crippen molar-refractivity contribution >= 4 is 16.7 Å². The highest BCUT2D eigenvalue weighted by Crippen LogP contribution is 2.44. The molecule has 0 amide bonds. The topological polar surface area (TPSA) is 78.2 Å². The number of hydrogen-bond donors (Lipinski definition) is 0. The molecule has 1 saturated carbocycles. The van der Waals surface area contributed by atoms with Crippen molar-refractivity contribution in [3.05, 3.63) is 144 Å². The lowest BCUT2D eigenvalue weighted by Crippen LogP contribution is -2.41. The summed E-state index contributed by atoms with van der Waals surface area (Å²) in [5.74, 6) is 2.79. The van der Waals surface area contributed by atoms with Crippen molar-refractivity contribution in [3.8, 4) is 5.88 Å². The molecule has 48 heavy (non-hydrogen) atoms. The Bertz CT molecular complexity index is 1860. The summed E-state index contributed by atoms with van der Waals surface area (Å²) in [6.07, 6.45) is 7.64. The molecule has 242 valence electrons. The van der Waals surface area contributed by atoms with Crippen LogP contribution >= 0.6 is 0 Å². The van der Waals surface area contributed by atoms with Crippen molar-refractivity contribution in [1.29, 1.82) is 0 Å². The number of nitrogens with zero attached hydrogens (tertiary/aromatic N) is 6. The van der Waals surface area contributed by atoms with Crippen LogP contribution in [0.25, 0.3) is 10.9 Å². The summed E-state index contributed by atoms with van der Waals surface area (Å²) in [4.78, 5) is 12.0. The molecule has 0 radical (unpaired) electrons. The highest BCUT2D eigenvalue weighted by Gasteiger charge is 2.42. The predicted molar refractivity (Wildman–Crippen MR) is 187 cm³/mol. The average molecular weight is 637 g/mol. The summed E-state index contributed by atoms with van der Waals surface area (Å²) < 4.78 is 14.9. The number of rotatable bonds is 8. The first-order chi connectivity index (χ1) is 23.7. The first-order valence-electron chi connectivity index (χ1n) is 17.1. The fraction of sp³-hybridized carbons (Fsp3) is 0.300. The van der Waals surface area contributed by atoms with Gasteiger partial charge in [0.25, 0.3) is 0 Å². The van der Waals surface area contributed by atoms with Crippen LogP contribution in [0.2, 0.25) is 0 Å². The summed E-state index contributed by atoms with van der Waals surface area (Å²) in [5, 5.41) is 10.4. The van der Waals surface area contributed by atoms with Gasteiger partial charge in [0.15, 0.2) is 0 Å². The van der Waals surface area contributed by atoms with Crippen LogP contribution in [0.1, 0.15) is 61.0 Å². The molecule has 1 saturated heterocycles. The molecule has 1 atom stereocenters. The molecule has 2 aliphatic rings. The smallest absolute Gasteiger partial charge is 0.225 e. The quantitative estimate of drug-likeness (QED) is 0.161. The second-order valence-corrected chi connectivity index (χ2v) is 12.9. The lowest BCUT2D eigenvalue weighted by molar-refractivity contribution is 0.0528. The standard InChI is InChI=1S/C40H40N6O2/c1-29-27-45(24-25-47-29)37-26-36-35(18-11-23-41-36)39(43-37)48-34-21-19-30(20-22-34)38-44-42-28-46(38)40(31-12-5-2-6-13-31,32-14-7-3-8-15-32)33-16-9-4-10-17-33/h2-18,23,26,28-30,34H,19-22,24-25,27H2,1H3/t29-,30?,34?/m0/s1. The van der Waals surface area contributed by atoms with E-state index in [1.165, 1.54) is 16.7 Å². The molecule has 0 unspecified atom stereocenters. The third kappa shape index (κ3) is 5.60. The van der Waals surface area contributed by atoms with E-state index in [4.69, 9.17) is 19.6 Å². The molecule has 0 spiro atoms. The number of hydrogen-bond acceptors (Lipinski definition) is 7. The molecule has 1 aliphatic carbocycles. The van der Waals surface area contributed by atoms with Gasteiger partial charge >= 0.3 is 0 Å². The normalized spacial score (nSPS) is 20.1. The fourth-order valence-corrected chi connectivity index (χ4v) is 7.64. The van der Waals surface area contributed by atoms with E-state index >= 15 is 0 Å². The van der Waals surface area contributed by atoms with Gasteiger partial charge in [0.05, 0.1) is 23.6 Å². The van der Waals surface area contributed by atoms with Crippen LogP contribution in [0, 0.1) is 0 Å². The van der Waals surface area contributed by atoms with Gasteiger partial charge in [-0.05, 0) is 61.4 Å². The van der Waals surface area contributed by atoms with Crippen LogP contribution in [0.5, 0.6) is 5.88 Å². The second kappa shape index (κ2) is 13.2. The Morgan fingerprint density at radius 3 is 2.06 bits per heavy atom. The molecule has 0 bridgehead atoms. The van der Waals surface area contributed by atoms with Crippen LogP contribution in [0.15, 0.2) is 122 Å². The minimum absolute atomic E-state index is 0.0505. The molecule has 0 N–H and O–H groups in total. The van der Waals surface area contributed by atoms with Gasteiger partial charge in [0.2, 0.25) is 5.88 Å². The Balaban J connectivity index is 1.10. The molecule has 8 nitrogen and oxygen atoms in total. The maximum atomic E-state index is 6.75. The number of morpholine rings is 1. The number of pyridine rings is 2. The molecule has 2 fully saturated rings. The Morgan fingerprint density at radius 1 is 0.792 bits per heavy atom. The van der Waals surface area contributed by atoms with Gasteiger partial charge in [-0.15, -0.1) is 10.2 Å². The van der Waals surface area contributed by atoms with Crippen molar-refractivity contribution < 1.29 is 9.47 Å². The van der Waals surface area contributed by atoms with Gasteiger partial charge in [-0.25, -0.2) is 0 Å². The maximum Gasteiger partial charge on any atom is 0.225 e. The van der Waals surface area contributed by atoms with Crippen molar-refractivity contribution in [1.82, 2.24) is 24.7 Å². The van der Waals surface area contributed by atoms with E-state index < -0.39 is 5.54 Å². The van der Waals surface area contributed by atoms with E-state index in [9.17, 15) is 0 Å². The third-order valence-corrected chi connectivity index (χ3v) is 9.94. The summed E-state index contributed by atoms with van der Waals surface area (Å²) in [7, 11) is 0. The molecule has 8 rings (SSSR count). The van der Waals surface area contributed by atoms with E-state index in [0.717, 1.165) is 61.3 Å². The van der Waals surface area contributed by atoms with E-state index in [-0.39, 0.29) is 18.1 Å². The molecule has 3 aromatic carbocycles. The van der Waals surface area contributed by atoms with E-state index in [1.54, 1.807) is 0 Å². The number of fused-ring (bicyclic) bond motifs is 1. The fourth-order valence-electron chi connectivity index (χ4n) is 7.64. The van der Waals surface area contributed by atoms with E-state index in [1.807, 2.05) is 18.6 Å². The minimum atomic E-state index is -0.636. The van der Waals surface area contributed by atoms with Crippen LogP contribution in [-0.4, -0.2) is 56.6 Å². The van der Waals surface area contributed by atoms with Crippen molar-refractivity contribution in [3.63, 3.8) is 0 Å². The lowest BCUT2D eigenvalue weighted by atomic mass is 9.76. The van der Waals surface area contributed by atoms with Gasteiger partial charge in [-0.3, -0.25) is 9.55 Å². The first kappa shape index (κ1) is 30.3.